The lowest BCUT2D eigenvalue weighted by molar-refractivity contribution is -0.139. The number of benzene rings is 2. The summed E-state index contributed by atoms with van der Waals surface area (Å²) in [5.41, 5.74) is 1.21. The fourth-order valence-electron chi connectivity index (χ4n) is 3.22. The summed E-state index contributed by atoms with van der Waals surface area (Å²) in [6.07, 6.45) is 3.82. The Labute approximate surface area is 167 Å². The van der Waals surface area contributed by atoms with E-state index in [-0.39, 0.29) is 5.91 Å². The highest BCUT2D eigenvalue weighted by Gasteiger charge is 2.25. The molecule has 148 valence electrons. The van der Waals surface area contributed by atoms with Gasteiger partial charge in [-0.25, -0.2) is 0 Å². The number of piperazine rings is 1. The minimum absolute atomic E-state index is 0.0373. The molecule has 1 aliphatic rings. The average Bonchev–Trinajstić information content (AvgIpc) is 2.75. The van der Waals surface area contributed by atoms with Crippen LogP contribution in [0, 0.1) is 0 Å². The molecule has 0 saturated carbocycles. The standard InChI is InChI=1S/C23H28N2O3/c1-19(28-22-12-10-21(27-2)11-13-22)23(26)25-17-15-24(16-18-25)14-6-9-20-7-4-3-5-8-20/h3-13,19H,14-18H2,1-2H3/b9-6+. The molecule has 2 aromatic carbocycles. The lowest BCUT2D eigenvalue weighted by Gasteiger charge is -2.35. The molecule has 1 unspecified atom stereocenters. The predicted octanol–water partition coefficient (Wildman–Crippen LogP) is 3.32. The van der Waals surface area contributed by atoms with Gasteiger partial charge in [0.05, 0.1) is 7.11 Å². The lowest BCUT2D eigenvalue weighted by Crippen LogP contribution is -2.51. The van der Waals surface area contributed by atoms with Crippen LogP contribution in [0.3, 0.4) is 0 Å². The van der Waals surface area contributed by atoms with Crippen LogP contribution in [0.4, 0.5) is 0 Å². The third-order valence-electron chi connectivity index (χ3n) is 4.88. The highest BCUT2D eigenvalue weighted by molar-refractivity contribution is 5.81. The Hall–Kier alpha value is -2.79. The fourth-order valence-corrected chi connectivity index (χ4v) is 3.22. The molecule has 5 nitrogen and oxygen atoms in total. The molecule has 1 heterocycles. The number of rotatable bonds is 7. The molecule has 3 rings (SSSR count). The number of carbonyl (C=O) groups is 1. The molecule has 0 bridgehead atoms. The van der Waals surface area contributed by atoms with Gasteiger partial charge in [0.25, 0.3) is 5.91 Å². The van der Waals surface area contributed by atoms with E-state index < -0.39 is 6.10 Å². The molecular weight excluding hydrogens is 352 g/mol. The molecule has 28 heavy (non-hydrogen) atoms. The number of ether oxygens (including phenoxy) is 2. The summed E-state index contributed by atoms with van der Waals surface area (Å²) in [7, 11) is 1.62. The van der Waals surface area contributed by atoms with Gasteiger partial charge in [-0.15, -0.1) is 0 Å². The SMILES string of the molecule is COc1ccc(OC(C)C(=O)N2CCN(C/C=C/c3ccccc3)CC2)cc1. The first-order chi connectivity index (χ1) is 13.7. The zero-order valence-corrected chi connectivity index (χ0v) is 16.6. The van der Waals surface area contributed by atoms with E-state index in [4.69, 9.17) is 9.47 Å². The van der Waals surface area contributed by atoms with E-state index in [1.54, 1.807) is 7.11 Å². The van der Waals surface area contributed by atoms with Crippen LogP contribution >= 0.6 is 0 Å². The Bertz CT molecular complexity index is 766. The van der Waals surface area contributed by atoms with Crippen molar-refractivity contribution in [3.05, 3.63) is 66.2 Å². The van der Waals surface area contributed by atoms with Crippen molar-refractivity contribution >= 4 is 12.0 Å². The summed E-state index contributed by atoms with van der Waals surface area (Å²) < 4.78 is 10.9. The van der Waals surface area contributed by atoms with Crippen molar-refractivity contribution in [1.29, 1.82) is 0 Å². The van der Waals surface area contributed by atoms with Crippen LogP contribution in [0.25, 0.3) is 6.08 Å². The molecular formula is C23H28N2O3. The molecule has 5 heteroatoms. The first-order valence-corrected chi connectivity index (χ1v) is 9.69. The second-order valence-corrected chi connectivity index (χ2v) is 6.87. The van der Waals surface area contributed by atoms with Crippen molar-refractivity contribution in [3.8, 4) is 11.5 Å². The highest BCUT2D eigenvalue weighted by Crippen LogP contribution is 2.19. The zero-order chi connectivity index (χ0) is 19.8. The van der Waals surface area contributed by atoms with E-state index in [9.17, 15) is 4.79 Å². The second-order valence-electron chi connectivity index (χ2n) is 6.87. The monoisotopic (exact) mass is 380 g/mol. The third-order valence-corrected chi connectivity index (χ3v) is 4.88. The van der Waals surface area contributed by atoms with Crippen LogP contribution < -0.4 is 9.47 Å². The van der Waals surface area contributed by atoms with Gasteiger partial charge < -0.3 is 14.4 Å². The molecule has 1 saturated heterocycles. The van der Waals surface area contributed by atoms with Crippen molar-refractivity contribution in [2.24, 2.45) is 0 Å². The van der Waals surface area contributed by atoms with Crippen molar-refractivity contribution in [1.82, 2.24) is 9.80 Å². The zero-order valence-electron chi connectivity index (χ0n) is 16.6. The van der Waals surface area contributed by atoms with Crippen molar-refractivity contribution in [3.63, 3.8) is 0 Å². The van der Waals surface area contributed by atoms with Crippen LogP contribution in [0.2, 0.25) is 0 Å². The van der Waals surface area contributed by atoms with Gasteiger partial charge >= 0.3 is 0 Å². The predicted molar refractivity (Wildman–Crippen MR) is 112 cm³/mol. The molecule has 1 fully saturated rings. The maximum atomic E-state index is 12.7. The number of methoxy groups -OCH3 is 1. The number of carbonyl (C=O) groups excluding carboxylic acids is 1. The van der Waals surface area contributed by atoms with Crippen LogP contribution in [0.5, 0.6) is 11.5 Å². The van der Waals surface area contributed by atoms with Crippen LogP contribution in [0.1, 0.15) is 12.5 Å². The summed E-state index contributed by atoms with van der Waals surface area (Å²) in [5.74, 6) is 1.48. The third kappa shape index (κ3) is 5.60. The van der Waals surface area contributed by atoms with Gasteiger partial charge in [-0.1, -0.05) is 42.5 Å². The lowest BCUT2D eigenvalue weighted by atomic mass is 10.2. The van der Waals surface area contributed by atoms with Crippen molar-refractivity contribution < 1.29 is 14.3 Å². The molecule has 2 aromatic rings. The molecule has 0 aromatic heterocycles. The fraction of sp³-hybridized carbons (Fsp3) is 0.348. The Morgan fingerprint density at radius 3 is 2.29 bits per heavy atom. The number of hydrogen-bond donors (Lipinski definition) is 0. The Kier molecular flexibility index (Phi) is 7.09. The van der Waals surface area contributed by atoms with Crippen LogP contribution in [-0.2, 0) is 4.79 Å². The van der Waals surface area contributed by atoms with Crippen molar-refractivity contribution in [2.75, 3.05) is 39.8 Å². The smallest absolute Gasteiger partial charge is 0.263 e. The van der Waals surface area contributed by atoms with Gasteiger partial charge in [-0.2, -0.15) is 0 Å². The summed E-state index contributed by atoms with van der Waals surface area (Å²) in [6.45, 7) is 5.92. The van der Waals surface area contributed by atoms with Gasteiger partial charge in [0.1, 0.15) is 11.5 Å². The number of nitrogens with zero attached hydrogens (tertiary/aromatic N) is 2. The van der Waals surface area contributed by atoms with Crippen LogP contribution in [-0.4, -0.2) is 61.6 Å². The number of hydrogen-bond acceptors (Lipinski definition) is 4. The Morgan fingerprint density at radius 1 is 1.00 bits per heavy atom. The van der Waals surface area contributed by atoms with Crippen LogP contribution in [0.15, 0.2) is 60.7 Å². The topological polar surface area (TPSA) is 42.0 Å². The maximum absolute atomic E-state index is 12.7. The molecule has 1 atom stereocenters. The normalized spacial score (nSPS) is 16.1. The quantitative estimate of drug-likeness (QED) is 0.739. The largest absolute Gasteiger partial charge is 0.497 e. The van der Waals surface area contributed by atoms with E-state index in [0.29, 0.717) is 5.75 Å². The van der Waals surface area contributed by atoms with Gasteiger partial charge in [-0.3, -0.25) is 9.69 Å². The van der Waals surface area contributed by atoms with Gasteiger partial charge in [0, 0.05) is 32.7 Å². The summed E-state index contributed by atoms with van der Waals surface area (Å²) in [4.78, 5) is 16.9. The number of amides is 1. The summed E-state index contributed by atoms with van der Waals surface area (Å²) in [5, 5.41) is 0. The van der Waals surface area contributed by atoms with E-state index in [1.165, 1.54) is 5.56 Å². The Balaban J connectivity index is 1.43. The molecule has 0 N–H and O–H groups in total. The molecule has 1 amide bonds. The first-order valence-electron chi connectivity index (χ1n) is 9.69. The molecule has 0 aliphatic carbocycles. The maximum Gasteiger partial charge on any atom is 0.263 e. The minimum atomic E-state index is -0.502. The summed E-state index contributed by atoms with van der Waals surface area (Å²) in [6, 6.07) is 17.6. The van der Waals surface area contributed by atoms with Gasteiger partial charge in [0.15, 0.2) is 6.10 Å². The van der Waals surface area contributed by atoms with E-state index >= 15 is 0 Å². The van der Waals surface area contributed by atoms with Gasteiger partial charge in [-0.05, 0) is 36.8 Å². The second kappa shape index (κ2) is 9.95. The molecule has 0 radical (unpaired) electrons. The van der Waals surface area contributed by atoms with E-state index in [2.05, 4.69) is 29.2 Å². The van der Waals surface area contributed by atoms with Crippen molar-refractivity contribution in [2.45, 2.75) is 13.0 Å². The van der Waals surface area contributed by atoms with Gasteiger partial charge in [0.2, 0.25) is 0 Å². The van der Waals surface area contributed by atoms with E-state index in [0.717, 1.165) is 38.5 Å². The Morgan fingerprint density at radius 2 is 1.64 bits per heavy atom. The highest BCUT2D eigenvalue weighted by atomic mass is 16.5. The van der Waals surface area contributed by atoms with E-state index in [1.807, 2.05) is 54.3 Å². The summed E-state index contributed by atoms with van der Waals surface area (Å²) >= 11 is 0. The molecule has 0 spiro atoms. The average molecular weight is 380 g/mol. The minimum Gasteiger partial charge on any atom is -0.497 e. The molecule has 1 aliphatic heterocycles. The first kappa shape index (κ1) is 20.0.